The second-order valence-electron chi connectivity index (χ2n) is 4.73. The molecule has 0 aliphatic rings. The van der Waals surface area contributed by atoms with Gasteiger partial charge in [0.2, 0.25) is 5.91 Å². The summed E-state index contributed by atoms with van der Waals surface area (Å²) in [5.74, 6) is 0.877. The number of amides is 1. The third kappa shape index (κ3) is 5.61. The average Bonchev–Trinajstić information content (AvgIpc) is 2.46. The van der Waals surface area contributed by atoms with E-state index < -0.39 is 0 Å². The van der Waals surface area contributed by atoms with Crippen LogP contribution in [0.15, 0.2) is 24.3 Å². The molecule has 112 valence electrons. The second-order valence-corrected chi connectivity index (χ2v) is 4.73. The van der Waals surface area contributed by atoms with Gasteiger partial charge in [-0.2, -0.15) is 0 Å². The molecule has 2 N–H and O–H groups in total. The number of aliphatic hydroxyl groups excluding tert-OH is 1. The minimum atomic E-state index is 0.0246. The fourth-order valence-electron chi connectivity index (χ4n) is 2.09. The van der Waals surface area contributed by atoms with Crippen LogP contribution >= 0.6 is 0 Å². The molecule has 0 aliphatic carbocycles. The van der Waals surface area contributed by atoms with Crippen LogP contribution in [0.2, 0.25) is 0 Å². The van der Waals surface area contributed by atoms with Crippen molar-refractivity contribution >= 4 is 5.91 Å². The monoisotopic (exact) mass is 279 g/mol. The van der Waals surface area contributed by atoms with E-state index in [0.717, 1.165) is 17.7 Å². The maximum atomic E-state index is 11.9. The van der Waals surface area contributed by atoms with Crippen molar-refractivity contribution in [3.8, 4) is 5.75 Å². The molecule has 0 fully saturated rings. The molecule has 20 heavy (non-hydrogen) atoms. The fraction of sp³-hybridized carbons (Fsp3) is 0.562. The molecule has 0 aliphatic heterocycles. The Kier molecular flexibility index (Phi) is 7.73. The van der Waals surface area contributed by atoms with E-state index in [2.05, 4.69) is 5.32 Å². The molecule has 1 amide bonds. The lowest BCUT2D eigenvalue weighted by Crippen LogP contribution is -2.35. The number of aryl methyl sites for hydroxylation is 1. The summed E-state index contributed by atoms with van der Waals surface area (Å²) in [6.45, 7) is 4.68. The van der Waals surface area contributed by atoms with Crippen molar-refractivity contribution in [1.29, 1.82) is 0 Å². The summed E-state index contributed by atoms with van der Waals surface area (Å²) in [7, 11) is 0. The number of hydrogen-bond acceptors (Lipinski definition) is 3. The predicted octanol–water partition coefficient (Wildman–Crippen LogP) is 2.30. The second kappa shape index (κ2) is 9.37. The van der Waals surface area contributed by atoms with Gasteiger partial charge in [-0.05, 0) is 37.8 Å². The van der Waals surface area contributed by atoms with E-state index in [1.165, 1.54) is 0 Å². The van der Waals surface area contributed by atoms with Gasteiger partial charge in [0, 0.05) is 19.1 Å². The molecule has 4 nitrogen and oxygen atoms in total. The molecule has 0 saturated heterocycles. The molecule has 0 heterocycles. The third-order valence-corrected chi connectivity index (χ3v) is 3.23. The van der Waals surface area contributed by atoms with E-state index in [-0.39, 0.29) is 18.6 Å². The summed E-state index contributed by atoms with van der Waals surface area (Å²) in [4.78, 5) is 11.9. The summed E-state index contributed by atoms with van der Waals surface area (Å²) in [5, 5.41) is 11.9. The summed E-state index contributed by atoms with van der Waals surface area (Å²) in [6, 6.07) is 7.87. The van der Waals surface area contributed by atoms with Gasteiger partial charge in [0.1, 0.15) is 5.75 Å². The highest BCUT2D eigenvalue weighted by Gasteiger charge is 2.11. The molecule has 4 heteroatoms. The minimum absolute atomic E-state index is 0.0246. The number of aliphatic hydroxyl groups is 1. The van der Waals surface area contributed by atoms with Gasteiger partial charge in [0.05, 0.1) is 6.61 Å². The Morgan fingerprint density at radius 2 is 2.10 bits per heavy atom. The molecule has 1 atom stereocenters. The first-order chi connectivity index (χ1) is 9.71. The van der Waals surface area contributed by atoms with Crippen molar-refractivity contribution in [3.63, 3.8) is 0 Å². The quantitative estimate of drug-likeness (QED) is 0.729. The average molecular weight is 279 g/mol. The number of carbonyl (C=O) groups is 1. The number of nitrogens with one attached hydrogen (secondary N) is 1. The summed E-state index contributed by atoms with van der Waals surface area (Å²) >= 11 is 0. The maximum absolute atomic E-state index is 11.9. The Morgan fingerprint density at radius 3 is 2.75 bits per heavy atom. The van der Waals surface area contributed by atoms with Crippen molar-refractivity contribution in [2.24, 2.45) is 0 Å². The Bertz CT molecular complexity index is 406. The number of ether oxygens (including phenoxy) is 1. The topological polar surface area (TPSA) is 58.6 Å². The molecule has 1 aromatic rings. The van der Waals surface area contributed by atoms with Crippen LogP contribution in [0.25, 0.3) is 0 Å². The van der Waals surface area contributed by atoms with Crippen LogP contribution in [-0.2, 0) is 11.2 Å². The van der Waals surface area contributed by atoms with Gasteiger partial charge < -0.3 is 15.2 Å². The number of benzene rings is 1. The van der Waals surface area contributed by atoms with Crippen molar-refractivity contribution in [3.05, 3.63) is 29.8 Å². The molecule has 1 aromatic carbocycles. The van der Waals surface area contributed by atoms with Crippen LogP contribution in [0, 0.1) is 0 Å². The first-order valence-electron chi connectivity index (χ1n) is 7.32. The molecule has 0 radical (unpaired) electrons. The van der Waals surface area contributed by atoms with Gasteiger partial charge in [0.25, 0.3) is 0 Å². The minimum Gasteiger partial charge on any atom is -0.494 e. The van der Waals surface area contributed by atoms with Crippen LogP contribution in [0.5, 0.6) is 5.75 Å². The molecule has 1 unspecified atom stereocenters. The van der Waals surface area contributed by atoms with E-state index in [0.29, 0.717) is 25.9 Å². The Hall–Kier alpha value is -1.55. The van der Waals surface area contributed by atoms with Crippen LogP contribution in [-0.4, -0.2) is 30.3 Å². The van der Waals surface area contributed by atoms with Crippen molar-refractivity contribution < 1.29 is 14.6 Å². The zero-order valence-corrected chi connectivity index (χ0v) is 12.4. The van der Waals surface area contributed by atoms with Crippen molar-refractivity contribution in [2.75, 3.05) is 13.2 Å². The number of rotatable bonds is 9. The predicted molar refractivity (Wildman–Crippen MR) is 79.9 cm³/mol. The zero-order valence-electron chi connectivity index (χ0n) is 12.4. The smallest absolute Gasteiger partial charge is 0.220 e. The highest BCUT2D eigenvalue weighted by molar-refractivity contribution is 5.76. The molecular formula is C16H25NO3. The number of carbonyl (C=O) groups excluding carboxylic acids is 1. The number of para-hydroxylation sites is 1. The molecule has 0 aromatic heterocycles. The van der Waals surface area contributed by atoms with E-state index in [4.69, 9.17) is 9.84 Å². The van der Waals surface area contributed by atoms with E-state index in [9.17, 15) is 4.79 Å². The molecule has 1 rings (SSSR count). The molecule has 0 bridgehead atoms. The number of hydrogen-bond donors (Lipinski definition) is 2. The lowest BCUT2D eigenvalue weighted by atomic mass is 10.1. The first kappa shape index (κ1) is 16.5. The third-order valence-electron chi connectivity index (χ3n) is 3.23. The van der Waals surface area contributed by atoms with E-state index in [1.807, 2.05) is 38.1 Å². The van der Waals surface area contributed by atoms with Crippen molar-refractivity contribution in [2.45, 2.75) is 45.6 Å². The normalized spacial score (nSPS) is 11.9. The molecule has 0 spiro atoms. The molecule has 0 saturated carbocycles. The van der Waals surface area contributed by atoms with Gasteiger partial charge in [0.15, 0.2) is 0 Å². The van der Waals surface area contributed by atoms with Crippen LogP contribution in [0.1, 0.15) is 38.7 Å². The van der Waals surface area contributed by atoms with Gasteiger partial charge >= 0.3 is 0 Å². The highest BCUT2D eigenvalue weighted by atomic mass is 16.5. The summed E-state index contributed by atoms with van der Waals surface area (Å²) in [6.07, 6.45) is 2.54. The largest absolute Gasteiger partial charge is 0.494 e. The lowest BCUT2D eigenvalue weighted by molar-refractivity contribution is -0.121. The van der Waals surface area contributed by atoms with Crippen LogP contribution in [0.4, 0.5) is 0 Å². The van der Waals surface area contributed by atoms with Crippen LogP contribution in [0.3, 0.4) is 0 Å². The molecular weight excluding hydrogens is 254 g/mol. The zero-order chi connectivity index (χ0) is 14.8. The highest BCUT2D eigenvalue weighted by Crippen LogP contribution is 2.19. The Labute approximate surface area is 121 Å². The van der Waals surface area contributed by atoms with Gasteiger partial charge in [-0.3, -0.25) is 4.79 Å². The summed E-state index contributed by atoms with van der Waals surface area (Å²) in [5.41, 5.74) is 1.06. The maximum Gasteiger partial charge on any atom is 0.220 e. The lowest BCUT2D eigenvalue weighted by Gasteiger charge is -2.16. The Morgan fingerprint density at radius 1 is 1.35 bits per heavy atom. The van der Waals surface area contributed by atoms with Gasteiger partial charge in [-0.1, -0.05) is 25.1 Å². The van der Waals surface area contributed by atoms with E-state index >= 15 is 0 Å². The van der Waals surface area contributed by atoms with E-state index in [1.54, 1.807) is 0 Å². The van der Waals surface area contributed by atoms with Crippen molar-refractivity contribution in [1.82, 2.24) is 5.32 Å². The SMILES string of the molecule is CCOc1ccccc1CCC(=O)NC(CC)CCO. The Balaban J connectivity index is 2.48. The van der Waals surface area contributed by atoms with Crippen LogP contribution < -0.4 is 10.1 Å². The fourth-order valence-corrected chi connectivity index (χ4v) is 2.09. The first-order valence-corrected chi connectivity index (χ1v) is 7.32. The van der Waals surface area contributed by atoms with Gasteiger partial charge in [-0.25, -0.2) is 0 Å². The standard InChI is InChI=1S/C16H25NO3/c1-3-14(11-12-18)17-16(19)10-9-13-7-5-6-8-15(13)20-4-2/h5-8,14,18H,3-4,9-12H2,1-2H3,(H,17,19). The van der Waals surface area contributed by atoms with Gasteiger partial charge in [-0.15, -0.1) is 0 Å². The summed E-state index contributed by atoms with van der Waals surface area (Å²) < 4.78 is 5.55.